The summed E-state index contributed by atoms with van der Waals surface area (Å²) in [5.74, 6) is 0.708. The van der Waals surface area contributed by atoms with Crippen LogP contribution in [0.1, 0.15) is 13.3 Å². The molecule has 0 aromatic heterocycles. The van der Waals surface area contributed by atoms with Crippen LogP contribution in [0.2, 0.25) is 0 Å². The first kappa shape index (κ1) is 8.48. The molecule has 2 fully saturated rings. The molecule has 3 heteroatoms. The monoisotopic (exact) mass is 170 g/mol. The van der Waals surface area contributed by atoms with Gasteiger partial charge in [-0.2, -0.15) is 0 Å². The Kier molecular flexibility index (Phi) is 2.35. The van der Waals surface area contributed by atoms with Gasteiger partial charge in [-0.25, -0.2) is 0 Å². The van der Waals surface area contributed by atoms with Crippen molar-refractivity contribution in [2.24, 2.45) is 5.92 Å². The van der Waals surface area contributed by atoms with Gasteiger partial charge < -0.3 is 9.64 Å². The van der Waals surface area contributed by atoms with Gasteiger partial charge in [0.1, 0.15) is 6.23 Å². The summed E-state index contributed by atoms with van der Waals surface area (Å²) in [4.78, 5) is 2.37. The van der Waals surface area contributed by atoms with Crippen LogP contribution < -0.4 is 5.32 Å². The molecule has 2 heterocycles. The fourth-order valence-corrected chi connectivity index (χ4v) is 2.12. The minimum atomic E-state index is 0.324. The summed E-state index contributed by atoms with van der Waals surface area (Å²) < 4.78 is 5.76. The van der Waals surface area contributed by atoms with E-state index >= 15 is 0 Å². The second-order valence-electron chi connectivity index (χ2n) is 4.09. The Morgan fingerprint density at radius 3 is 2.83 bits per heavy atom. The van der Waals surface area contributed by atoms with E-state index in [1.165, 1.54) is 19.5 Å². The van der Waals surface area contributed by atoms with Crippen LogP contribution in [0.4, 0.5) is 0 Å². The molecule has 1 N–H and O–H groups in total. The third-order valence-corrected chi connectivity index (χ3v) is 2.84. The van der Waals surface area contributed by atoms with Crippen molar-refractivity contribution >= 4 is 0 Å². The van der Waals surface area contributed by atoms with Gasteiger partial charge in [0.25, 0.3) is 0 Å². The van der Waals surface area contributed by atoms with Crippen molar-refractivity contribution in [3.63, 3.8) is 0 Å². The van der Waals surface area contributed by atoms with Crippen molar-refractivity contribution in [1.29, 1.82) is 0 Å². The van der Waals surface area contributed by atoms with E-state index in [0.717, 1.165) is 6.54 Å². The molecular formula is C9H18N2O. The largest absolute Gasteiger partial charge is 0.359 e. The smallest absolute Gasteiger partial charge is 0.112 e. The van der Waals surface area contributed by atoms with Gasteiger partial charge in [-0.15, -0.1) is 0 Å². The zero-order valence-electron chi connectivity index (χ0n) is 7.92. The van der Waals surface area contributed by atoms with Crippen molar-refractivity contribution in [1.82, 2.24) is 10.2 Å². The van der Waals surface area contributed by atoms with E-state index in [0.29, 0.717) is 18.2 Å². The highest BCUT2D eigenvalue weighted by Gasteiger charge is 2.32. The fraction of sp³-hybridized carbons (Fsp3) is 1.00. The van der Waals surface area contributed by atoms with Crippen LogP contribution in [0.5, 0.6) is 0 Å². The number of nitrogens with one attached hydrogen (secondary N) is 1. The zero-order valence-corrected chi connectivity index (χ0v) is 7.92. The van der Waals surface area contributed by atoms with Crippen LogP contribution in [0, 0.1) is 5.92 Å². The molecule has 0 bridgehead atoms. The second-order valence-corrected chi connectivity index (χ2v) is 4.09. The molecule has 0 saturated carbocycles. The fourth-order valence-electron chi connectivity index (χ4n) is 2.12. The van der Waals surface area contributed by atoms with Gasteiger partial charge in [-0.05, 0) is 26.9 Å². The number of rotatable bonds is 1. The average molecular weight is 170 g/mol. The molecule has 0 aromatic rings. The van der Waals surface area contributed by atoms with Crippen molar-refractivity contribution in [3.05, 3.63) is 0 Å². The Morgan fingerprint density at radius 2 is 2.33 bits per heavy atom. The number of nitrogens with zero attached hydrogens (tertiary/aromatic N) is 1. The Hall–Kier alpha value is -0.120. The second kappa shape index (κ2) is 3.32. The minimum absolute atomic E-state index is 0.324. The molecule has 2 rings (SSSR count). The van der Waals surface area contributed by atoms with Gasteiger partial charge in [-0.1, -0.05) is 0 Å². The molecule has 2 saturated heterocycles. The van der Waals surface area contributed by atoms with Crippen molar-refractivity contribution in [2.75, 3.05) is 26.7 Å². The molecule has 3 nitrogen and oxygen atoms in total. The van der Waals surface area contributed by atoms with Crippen molar-refractivity contribution < 1.29 is 4.74 Å². The maximum atomic E-state index is 5.76. The van der Waals surface area contributed by atoms with Crippen LogP contribution >= 0.6 is 0 Å². The summed E-state index contributed by atoms with van der Waals surface area (Å²) in [5.41, 5.74) is 0. The maximum Gasteiger partial charge on any atom is 0.112 e. The molecular weight excluding hydrogens is 152 g/mol. The van der Waals surface area contributed by atoms with Gasteiger partial charge >= 0.3 is 0 Å². The van der Waals surface area contributed by atoms with E-state index < -0.39 is 0 Å². The Balaban J connectivity index is 1.85. The number of hydrogen-bond donors (Lipinski definition) is 1. The van der Waals surface area contributed by atoms with Crippen molar-refractivity contribution in [2.45, 2.75) is 25.7 Å². The van der Waals surface area contributed by atoms with Gasteiger partial charge in [0.2, 0.25) is 0 Å². The third-order valence-electron chi connectivity index (χ3n) is 2.84. The first-order chi connectivity index (χ1) is 5.75. The van der Waals surface area contributed by atoms with E-state index in [4.69, 9.17) is 4.74 Å². The molecule has 0 radical (unpaired) electrons. The van der Waals surface area contributed by atoms with Gasteiger partial charge in [0.15, 0.2) is 0 Å². The topological polar surface area (TPSA) is 24.5 Å². The molecule has 3 unspecified atom stereocenters. The lowest BCUT2D eigenvalue weighted by Gasteiger charge is -2.18. The average Bonchev–Trinajstić information content (AvgIpc) is 2.58. The predicted octanol–water partition coefficient (Wildman–Crippen LogP) is 0.273. The molecule has 0 amide bonds. The minimum Gasteiger partial charge on any atom is -0.359 e. The summed E-state index contributed by atoms with van der Waals surface area (Å²) >= 11 is 0. The first-order valence-corrected chi connectivity index (χ1v) is 4.83. The van der Waals surface area contributed by atoms with E-state index in [1.54, 1.807) is 0 Å². The summed E-state index contributed by atoms with van der Waals surface area (Å²) in [7, 11) is 2.18. The maximum absolute atomic E-state index is 5.76. The highest BCUT2D eigenvalue weighted by molar-refractivity contribution is 4.82. The van der Waals surface area contributed by atoms with Crippen LogP contribution in [0.25, 0.3) is 0 Å². The van der Waals surface area contributed by atoms with Gasteiger partial charge in [-0.3, -0.25) is 5.32 Å². The number of likely N-dealkylation sites (tertiary alicyclic amines) is 1. The lowest BCUT2D eigenvalue weighted by atomic mass is 10.1. The molecule has 70 valence electrons. The lowest BCUT2D eigenvalue weighted by molar-refractivity contribution is 0.0159. The Labute approximate surface area is 74.1 Å². The quantitative estimate of drug-likeness (QED) is 0.611. The summed E-state index contributed by atoms with van der Waals surface area (Å²) in [5, 5.41) is 3.42. The van der Waals surface area contributed by atoms with Crippen LogP contribution in [-0.2, 0) is 4.74 Å². The predicted molar refractivity (Wildman–Crippen MR) is 47.9 cm³/mol. The SMILES string of the molecule is CC1CNC(C2CCN(C)C2)O1. The van der Waals surface area contributed by atoms with Crippen LogP contribution in [0.15, 0.2) is 0 Å². The molecule has 2 aliphatic heterocycles. The Bertz CT molecular complexity index is 145. The summed E-state index contributed by atoms with van der Waals surface area (Å²) in [6.45, 7) is 5.56. The number of hydrogen-bond acceptors (Lipinski definition) is 3. The molecule has 12 heavy (non-hydrogen) atoms. The summed E-state index contributed by atoms with van der Waals surface area (Å²) in [6, 6.07) is 0. The van der Waals surface area contributed by atoms with E-state index in [9.17, 15) is 0 Å². The van der Waals surface area contributed by atoms with Crippen LogP contribution in [0.3, 0.4) is 0 Å². The zero-order chi connectivity index (χ0) is 8.55. The number of ether oxygens (including phenoxy) is 1. The van der Waals surface area contributed by atoms with Gasteiger partial charge in [0.05, 0.1) is 6.10 Å². The molecule has 0 spiro atoms. The van der Waals surface area contributed by atoms with E-state index in [1.807, 2.05) is 0 Å². The van der Waals surface area contributed by atoms with Gasteiger partial charge in [0, 0.05) is 19.0 Å². The van der Waals surface area contributed by atoms with Crippen LogP contribution in [-0.4, -0.2) is 43.9 Å². The highest BCUT2D eigenvalue weighted by atomic mass is 16.5. The molecule has 3 atom stereocenters. The Morgan fingerprint density at radius 1 is 1.50 bits per heavy atom. The molecule has 0 aliphatic carbocycles. The molecule has 0 aromatic carbocycles. The standard InChI is InChI=1S/C9H18N2O/c1-7-5-10-9(12-7)8-3-4-11(2)6-8/h7-10H,3-6H2,1-2H3. The highest BCUT2D eigenvalue weighted by Crippen LogP contribution is 2.22. The van der Waals surface area contributed by atoms with E-state index in [2.05, 4.69) is 24.2 Å². The van der Waals surface area contributed by atoms with Crippen molar-refractivity contribution in [3.8, 4) is 0 Å². The normalized spacial score (nSPS) is 44.0. The third kappa shape index (κ3) is 1.63. The first-order valence-electron chi connectivity index (χ1n) is 4.83. The summed E-state index contributed by atoms with van der Waals surface area (Å²) in [6.07, 6.45) is 2.01. The molecule has 2 aliphatic rings. The lowest BCUT2D eigenvalue weighted by Crippen LogP contribution is -2.33. The van der Waals surface area contributed by atoms with E-state index in [-0.39, 0.29) is 0 Å².